The number of halogens is 2. The molecule has 200 valence electrons. The summed E-state index contributed by atoms with van der Waals surface area (Å²) in [6.07, 6.45) is 1.49. The molecule has 3 aromatic rings. The van der Waals surface area contributed by atoms with Crippen molar-refractivity contribution in [2.75, 3.05) is 6.79 Å². The number of nitro benzene ring substituents is 1. The Kier molecular flexibility index (Phi) is 7.29. The number of hydrogen-bond acceptors (Lipinski definition) is 10. The van der Waals surface area contributed by atoms with Crippen LogP contribution >= 0.6 is 39.3 Å². The number of carbonyl (C=O) groups is 2. The molecule has 15 heteroatoms. The first-order valence-corrected chi connectivity index (χ1v) is 14.2. The van der Waals surface area contributed by atoms with Crippen molar-refractivity contribution in [1.29, 1.82) is 0 Å². The van der Waals surface area contributed by atoms with Gasteiger partial charge in [-0.25, -0.2) is 0 Å². The van der Waals surface area contributed by atoms with Crippen LogP contribution in [0.1, 0.15) is 11.1 Å². The average Bonchev–Trinajstić information content (AvgIpc) is 3.44. The number of thioether (sulfide) groups is 1. The number of benzene rings is 3. The molecule has 0 N–H and O–H groups in total. The van der Waals surface area contributed by atoms with Gasteiger partial charge in [0.25, 0.3) is 16.8 Å². The van der Waals surface area contributed by atoms with Crippen LogP contribution in [0.5, 0.6) is 17.2 Å². The second-order valence-corrected chi connectivity index (χ2v) is 11.8. The standard InChI is InChI=1S/C24H14BrClN2O9S2/c25-17-7-13(1-6-19(17)37-39(33,34)16-4-2-15(3-5-16)28(31)32)8-22-23(29)27(24(30)38-22)11-14-9-20-21(10-18(14)26)36-12-35-20/h1-10H,11-12H2/b22-8-. The first-order chi connectivity index (χ1) is 18.5. The predicted octanol–water partition coefficient (Wildman–Crippen LogP) is 5.74. The zero-order chi connectivity index (χ0) is 27.9. The number of fused-ring (bicyclic) bond motifs is 1. The van der Waals surface area contributed by atoms with Crippen molar-refractivity contribution in [1.82, 2.24) is 4.90 Å². The Bertz CT molecular complexity index is 1680. The number of nitrogens with zero attached hydrogens (tertiary/aromatic N) is 2. The molecule has 0 atom stereocenters. The van der Waals surface area contributed by atoms with E-state index in [9.17, 15) is 28.1 Å². The van der Waals surface area contributed by atoms with E-state index in [1.807, 2.05) is 0 Å². The van der Waals surface area contributed by atoms with Crippen LogP contribution in [0.15, 0.2) is 68.9 Å². The number of non-ortho nitro benzene ring substituents is 1. The molecule has 39 heavy (non-hydrogen) atoms. The number of imide groups is 1. The van der Waals surface area contributed by atoms with Crippen LogP contribution in [0.3, 0.4) is 0 Å². The van der Waals surface area contributed by atoms with E-state index in [-0.39, 0.29) is 39.0 Å². The maximum Gasteiger partial charge on any atom is 0.339 e. The van der Waals surface area contributed by atoms with E-state index in [1.165, 1.54) is 24.3 Å². The number of ether oxygens (including phenoxy) is 2. The van der Waals surface area contributed by atoms with Gasteiger partial charge in [-0.1, -0.05) is 17.7 Å². The zero-order valence-electron chi connectivity index (χ0n) is 19.3. The molecule has 1 saturated heterocycles. The number of amides is 2. The van der Waals surface area contributed by atoms with Crippen LogP contribution in [0, 0.1) is 10.1 Å². The number of hydrogen-bond donors (Lipinski definition) is 0. The lowest BCUT2D eigenvalue weighted by atomic mass is 10.1. The number of carbonyl (C=O) groups excluding carboxylic acids is 2. The van der Waals surface area contributed by atoms with Crippen LogP contribution < -0.4 is 13.7 Å². The highest BCUT2D eigenvalue weighted by Gasteiger charge is 2.36. The number of rotatable bonds is 7. The van der Waals surface area contributed by atoms with Gasteiger partial charge < -0.3 is 13.7 Å². The lowest BCUT2D eigenvalue weighted by molar-refractivity contribution is -0.384. The normalized spacial score (nSPS) is 15.7. The first kappa shape index (κ1) is 27.0. The van der Waals surface area contributed by atoms with E-state index in [1.54, 1.807) is 12.1 Å². The summed E-state index contributed by atoms with van der Waals surface area (Å²) in [4.78, 5) is 36.7. The summed E-state index contributed by atoms with van der Waals surface area (Å²) in [5.41, 5.74) is 0.749. The second-order valence-electron chi connectivity index (χ2n) is 8.04. The molecule has 2 amide bonds. The van der Waals surface area contributed by atoms with Gasteiger partial charge in [-0.3, -0.25) is 24.6 Å². The molecular formula is C24H14BrClN2O9S2. The van der Waals surface area contributed by atoms with Gasteiger partial charge in [0.15, 0.2) is 17.2 Å². The van der Waals surface area contributed by atoms with Crippen molar-refractivity contribution >= 4 is 72.3 Å². The largest absolute Gasteiger partial charge is 0.454 e. The fourth-order valence-corrected chi connectivity index (χ4v) is 6.20. The van der Waals surface area contributed by atoms with E-state index < -0.39 is 26.2 Å². The highest BCUT2D eigenvalue weighted by Crippen LogP contribution is 2.40. The Morgan fingerprint density at radius 1 is 1.10 bits per heavy atom. The SMILES string of the molecule is O=C1S/C(=C\c2ccc(OS(=O)(=O)c3ccc([N+](=O)[O-])cc3)c(Br)c2)C(=O)N1Cc1cc2c(cc1Cl)OCO2. The van der Waals surface area contributed by atoms with Gasteiger partial charge in [-0.15, -0.1) is 0 Å². The van der Waals surface area contributed by atoms with Gasteiger partial charge in [0.05, 0.1) is 20.8 Å². The zero-order valence-corrected chi connectivity index (χ0v) is 23.3. The van der Waals surface area contributed by atoms with Crippen molar-refractivity contribution in [2.45, 2.75) is 11.4 Å². The highest BCUT2D eigenvalue weighted by atomic mass is 79.9. The monoisotopic (exact) mass is 652 g/mol. The molecule has 0 aliphatic carbocycles. The quantitative estimate of drug-likeness (QED) is 0.134. The number of nitro groups is 1. The molecule has 5 rings (SSSR count). The van der Waals surface area contributed by atoms with Crippen LogP contribution in [0.4, 0.5) is 10.5 Å². The summed E-state index contributed by atoms with van der Waals surface area (Å²) in [6, 6.07) is 11.8. The van der Waals surface area contributed by atoms with Crippen molar-refractivity contribution in [3.8, 4) is 17.2 Å². The summed E-state index contributed by atoms with van der Waals surface area (Å²) in [7, 11) is -4.28. The maximum atomic E-state index is 13.0. The molecule has 2 aliphatic heterocycles. The third kappa shape index (κ3) is 5.59. The van der Waals surface area contributed by atoms with Gasteiger partial charge in [0.2, 0.25) is 6.79 Å². The van der Waals surface area contributed by atoms with Crippen molar-refractivity contribution in [3.63, 3.8) is 0 Å². The summed E-state index contributed by atoms with van der Waals surface area (Å²) < 4.78 is 41.3. The van der Waals surface area contributed by atoms with Gasteiger partial charge in [-0.05, 0) is 75.2 Å². The van der Waals surface area contributed by atoms with E-state index in [4.69, 9.17) is 25.3 Å². The predicted molar refractivity (Wildman–Crippen MR) is 144 cm³/mol. The van der Waals surface area contributed by atoms with Gasteiger partial charge >= 0.3 is 10.1 Å². The van der Waals surface area contributed by atoms with Crippen molar-refractivity contribution in [3.05, 3.63) is 90.2 Å². The minimum Gasteiger partial charge on any atom is -0.454 e. The Labute approximate surface area is 238 Å². The molecule has 2 aliphatic rings. The minimum atomic E-state index is -4.28. The molecule has 1 fully saturated rings. The molecule has 11 nitrogen and oxygen atoms in total. The van der Waals surface area contributed by atoms with Gasteiger partial charge in [0, 0.05) is 23.2 Å². The van der Waals surface area contributed by atoms with Crippen molar-refractivity contribution < 1.29 is 36.6 Å². The Morgan fingerprint density at radius 2 is 1.79 bits per heavy atom. The molecule has 3 aromatic carbocycles. The summed E-state index contributed by atoms with van der Waals surface area (Å²) >= 11 is 10.3. The van der Waals surface area contributed by atoms with E-state index >= 15 is 0 Å². The molecule has 0 spiro atoms. The lowest BCUT2D eigenvalue weighted by Gasteiger charge is -2.14. The Morgan fingerprint density at radius 3 is 2.46 bits per heavy atom. The molecule has 0 radical (unpaired) electrons. The Hall–Kier alpha value is -3.59. The third-order valence-corrected chi connectivity index (χ3v) is 8.66. The highest BCUT2D eigenvalue weighted by molar-refractivity contribution is 9.10. The van der Waals surface area contributed by atoms with E-state index in [0.29, 0.717) is 27.6 Å². The summed E-state index contributed by atoms with van der Waals surface area (Å²) in [5, 5.41) is 10.6. The summed E-state index contributed by atoms with van der Waals surface area (Å²) in [6.45, 7) is -0.00372. The maximum absolute atomic E-state index is 13.0. The molecule has 0 saturated carbocycles. The molecule has 0 bridgehead atoms. The minimum absolute atomic E-state index is 0.0453. The van der Waals surface area contributed by atoms with Crippen LogP contribution in [-0.4, -0.2) is 36.2 Å². The molecular weight excluding hydrogens is 640 g/mol. The molecule has 2 heterocycles. The fourth-order valence-electron chi connectivity index (χ4n) is 3.61. The van der Waals surface area contributed by atoms with Gasteiger partial charge in [-0.2, -0.15) is 8.42 Å². The van der Waals surface area contributed by atoms with Crippen LogP contribution in [-0.2, 0) is 21.5 Å². The fraction of sp³-hybridized carbons (Fsp3) is 0.0833. The Balaban J connectivity index is 1.31. The smallest absolute Gasteiger partial charge is 0.339 e. The second kappa shape index (κ2) is 10.5. The lowest BCUT2D eigenvalue weighted by Crippen LogP contribution is -2.27. The van der Waals surface area contributed by atoms with Crippen molar-refractivity contribution in [2.24, 2.45) is 0 Å². The summed E-state index contributed by atoms with van der Waals surface area (Å²) in [5.74, 6) is 0.392. The van der Waals surface area contributed by atoms with E-state index in [0.717, 1.165) is 40.9 Å². The van der Waals surface area contributed by atoms with E-state index in [2.05, 4.69) is 15.9 Å². The first-order valence-electron chi connectivity index (χ1n) is 10.8. The molecule has 0 aromatic heterocycles. The third-order valence-electron chi connectivity index (χ3n) is 5.53. The average molecular weight is 654 g/mol. The topological polar surface area (TPSA) is 142 Å². The molecule has 0 unspecified atom stereocenters. The van der Waals surface area contributed by atoms with Crippen LogP contribution in [0.25, 0.3) is 6.08 Å². The van der Waals surface area contributed by atoms with Crippen LogP contribution in [0.2, 0.25) is 5.02 Å². The van der Waals surface area contributed by atoms with Gasteiger partial charge in [0.1, 0.15) is 4.90 Å².